The predicted molar refractivity (Wildman–Crippen MR) is 98.9 cm³/mol. The minimum Gasteiger partial charge on any atom is -0.335 e. The van der Waals surface area contributed by atoms with Crippen LogP contribution in [-0.2, 0) is 7.05 Å². The lowest BCUT2D eigenvalue weighted by Crippen LogP contribution is -1.97. The molecule has 2 aromatic carbocycles. The van der Waals surface area contributed by atoms with Crippen molar-refractivity contribution in [2.24, 2.45) is 7.05 Å². The van der Waals surface area contributed by atoms with Crippen molar-refractivity contribution in [1.82, 2.24) is 14.5 Å². The van der Waals surface area contributed by atoms with E-state index in [9.17, 15) is 0 Å². The molecule has 0 atom stereocenters. The van der Waals surface area contributed by atoms with Gasteiger partial charge in [-0.3, -0.25) is 0 Å². The summed E-state index contributed by atoms with van der Waals surface area (Å²) in [5, 5.41) is 1.08. The van der Waals surface area contributed by atoms with Gasteiger partial charge in [0, 0.05) is 29.8 Å². The second kappa shape index (κ2) is 5.60. The Kier molecular flexibility index (Phi) is 3.42. The quantitative estimate of drug-likeness (QED) is 0.526. The van der Waals surface area contributed by atoms with Gasteiger partial charge in [0.15, 0.2) is 5.82 Å². The van der Waals surface area contributed by atoms with E-state index in [4.69, 9.17) is 9.97 Å². The Bertz CT molecular complexity index is 1010. The zero-order valence-corrected chi connectivity index (χ0v) is 14.1. The standard InChI is InChI=1S/C21H19N3/c1-14-4-8-16(9-5-14)19-18-12-13-24(3)21(18)23-20(22-19)17-10-6-15(2)7-11-17/h4-13H,1-3H3. The zero-order valence-electron chi connectivity index (χ0n) is 14.1. The van der Waals surface area contributed by atoms with Crippen LogP contribution in [0.5, 0.6) is 0 Å². The van der Waals surface area contributed by atoms with Crippen molar-refractivity contribution in [2.45, 2.75) is 13.8 Å². The summed E-state index contributed by atoms with van der Waals surface area (Å²) >= 11 is 0. The Morgan fingerprint density at radius 1 is 0.708 bits per heavy atom. The third-order valence-corrected chi connectivity index (χ3v) is 4.36. The normalized spacial score (nSPS) is 11.1. The summed E-state index contributed by atoms with van der Waals surface area (Å²) in [6.07, 6.45) is 2.04. The van der Waals surface area contributed by atoms with E-state index in [1.54, 1.807) is 0 Å². The van der Waals surface area contributed by atoms with Crippen LogP contribution in [-0.4, -0.2) is 14.5 Å². The highest BCUT2D eigenvalue weighted by Crippen LogP contribution is 2.29. The molecule has 0 aliphatic carbocycles. The third kappa shape index (κ3) is 2.48. The molecule has 3 nitrogen and oxygen atoms in total. The molecule has 0 saturated heterocycles. The molecule has 0 bridgehead atoms. The third-order valence-electron chi connectivity index (χ3n) is 4.36. The van der Waals surface area contributed by atoms with E-state index in [1.165, 1.54) is 11.1 Å². The molecule has 4 rings (SSSR count). The highest BCUT2D eigenvalue weighted by molar-refractivity contribution is 5.92. The van der Waals surface area contributed by atoms with Crippen molar-refractivity contribution in [2.75, 3.05) is 0 Å². The second-order valence-electron chi connectivity index (χ2n) is 6.29. The highest BCUT2D eigenvalue weighted by Gasteiger charge is 2.13. The first kappa shape index (κ1) is 14.6. The van der Waals surface area contributed by atoms with E-state index in [-0.39, 0.29) is 0 Å². The lowest BCUT2D eigenvalue weighted by molar-refractivity contribution is 0.945. The van der Waals surface area contributed by atoms with Gasteiger partial charge in [-0.25, -0.2) is 9.97 Å². The van der Waals surface area contributed by atoms with Crippen molar-refractivity contribution in [3.63, 3.8) is 0 Å². The van der Waals surface area contributed by atoms with Gasteiger partial charge in [0.2, 0.25) is 0 Å². The van der Waals surface area contributed by atoms with Crippen LogP contribution in [0.25, 0.3) is 33.7 Å². The fraction of sp³-hybridized carbons (Fsp3) is 0.143. The van der Waals surface area contributed by atoms with E-state index in [2.05, 4.69) is 68.4 Å². The van der Waals surface area contributed by atoms with Crippen molar-refractivity contribution in [1.29, 1.82) is 0 Å². The number of aromatic nitrogens is 3. The fourth-order valence-electron chi connectivity index (χ4n) is 2.90. The number of rotatable bonds is 2. The van der Waals surface area contributed by atoms with Crippen molar-refractivity contribution in [3.05, 3.63) is 71.9 Å². The van der Waals surface area contributed by atoms with Crippen LogP contribution in [0.2, 0.25) is 0 Å². The molecule has 2 heterocycles. The molecule has 2 aromatic heterocycles. The van der Waals surface area contributed by atoms with Gasteiger partial charge in [-0.15, -0.1) is 0 Å². The summed E-state index contributed by atoms with van der Waals surface area (Å²) in [6.45, 7) is 4.18. The molecule has 4 aromatic rings. The maximum Gasteiger partial charge on any atom is 0.162 e. The van der Waals surface area contributed by atoms with Gasteiger partial charge in [-0.2, -0.15) is 0 Å². The van der Waals surface area contributed by atoms with Crippen molar-refractivity contribution in [3.8, 4) is 22.6 Å². The summed E-state index contributed by atoms with van der Waals surface area (Å²) in [5.74, 6) is 0.764. The lowest BCUT2D eigenvalue weighted by Gasteiger charge is -2.08. The molecule has 0 aliphatic heterocycles. The Balaban J connectivity index is 1.98. The van der Waals surface area contributed by atoms with Crippen LogP contribution in [0.3, 0.4) is 0 Å². The van der Waals surface area contributed by atoms with Crippen LogP contribution >= 0.6 is 0 Å². The topological polar surface area (TPSA) is 30.7 Å². The first-order chi connectivity index (χ1) is 11.6. The van der Waals surface area contributed by atoms with Crippen molar-refractivity contribution >= 4 is 11.0 Å². The molecule has 0 saturated carbocycles. The van der Waals surface area contributed by atoms with E-state index >= 15 is 0 Å². The van der Waals surface area contributed by atoms with Crippen LogP contribution in [0.1, 0.15) is 11.1 Å². The van der Waals surface area contributed by atoms with Gasteiger partial charge in [-0.05, 0) is 19.9 Å². The fourth-order valence-corrected chi connectivity index (χ4v) is 2.90. The number of nitrogens with zero attached hydrogens (tertiary/aromatic N) is 3. The van der Waals surface area contributed by atoms with Gasteiger partial charge >= 0.3 is 0 Å². The molecular weight excluding hydrogens is 294 g/mol. The molecule has 3 heteroatoms. The molecule has 0 amide bonds. The largest absolute Gasteiger partial charge is 0.335 e. The van der Waals surface area contributed by atoms with Crippen LogP contribution in [0.15, 0.2) is 60.8 Å². The van der Waals surface area contributed by atoms with E-state index in [0.717, 1.165) is 33.7 Å². The average molecular weight is 313 g/mol. The van der Waals surface area contributed by atoms with Gasteiger partial charge in [0.1, 0.15) is 5.65 Å². The summed E-state index contributed by atoms with van der Waals surface area (Å²) in [6, 6.07) is 18.9. The molecule has 0 aliphatic rings. The minimum absolute atomic E-state index is 0.764. The molecule has 118 valence electrons. The Morgan fingerprint density at radius 3 is 1.92 bits per heavy atom. The number of hydrogen-bond donors (Lipinski definition) is 0. The summed E-state index contributed by atoms with van der Waals surface area (Å²) < 4.78 is 2.05. The Hall–Kier alpha value is -2.94. The average Bonchev–Trinajstić information content (AvgIpc) is 2.97. The molecule has 0 spiro atoms. The maximum absolute atomic E-state index is 4.89. The molecule has 0 fully saturated rings. The van der Waals surface area contributed by atoms with Gasteiger partial charge in [0.25, 0.3) is 0 Å². The molecule has 24 heavy (non-hydrogen) atoms. The SMILES string of the molecule is Cc1ccc(-c2nc(-c3ccc(C)cc3)c3ccn(C)c3n2)cc1. The number of aryl methyl sites for hydroxylation is 3. The first-order valence-electron chi connectivity index (χ1n) is 8.09. The molecule has 0 radical (unpaired) electrons. The smallest absolute Gasteiger partial charge is 0.162 e. The highest BCUT2D eigenvalue weighted by atomic mass is 15.0. The zero-order chi connectivity index (χ0) is 16.7. The number of hydrogen-bond acceptors (Lipinski definition) is 2. The van der Waals surface area contributed by atoms with Crippen molar-refractivity contribution < 1.29 is 0 Å². The van der Waals surface area contributed by atoms with Crippen LogP contribution < -0.4 is 0 Å². The predicted octanol–water partition coefficient (Wildman–Crippen LogP) is 4.92. The van der Waals surface area contributed by atoms with Crippen LogP contribution in [0, 0.1) is 13.8 Å². The number of benzene rings is 2. The maximum atomic E-state index is 4.89. The molecular formula is C21H19N3. The summed E-state index contributed by atoms with van der Waals surface area (Å²) in [5.41, 5.74) is 6.57. The second-order valence-corrected chi connectivity index (χ2v) is 6.29. The number of fused-ring (bicyclic) bond motifs is 1. The molecule has 0 N–H and O–H groups in total. The van der Waals surface area contributed by atoms with E-state index in [1.807, 2.05) is 17.8 Å². The van der Waals surface area contributed by atoms with Gasteiger partial charge in [0.05, 0.1) is 5.69 Å². The summed E-state index contributed by atoms with van der Waals surface area (Å²) in [4.78, 5) is 9.68. The van der Waals surface area contributed by atoms with E-state index < -0.39 is 0 Å². The lowest BCUT2D eigenvalue weighted by atomic mass is 10.1. The monoisotopic (exact) mass is 313 g/mol. The minimum atomic E-state index is 0.764. The van der Waals surface area contributed by atoms with Gasteiger partial charge < -0.3 is 4.57 Å². The summed E-state index contributed by atoms with van der Waals surface area (Å²) in [7, 11) is 2.02. The molecule has 0 unspecified atom stereocenters. The van der Waals surface area contributed by atoms with E-state index in [0.29, 0.717) is 0 Å². The first-order valence-corrected chi connectivity index (χ1v) is 8.09. The Morgan fingerprint density at radius 2 is 1.29 bits per heavy atom. The Labute approximate surface area is 141 Å². The van der Waals surface area contributed by atoms with Crippen LogP contribution in [0.4, 0.5) is 0 Å². The van der Waals surface area contributed by atoms with Gasteiger partial charge in [-0.1, -0.05) is 59.7 Å².